The first-order valence-electron chi connectivity index (χ1n) is 10.3. The molecule has 0 bridgehead atoms. The van der Waals surface area contributed by atoms with E-state index in [1.165, 1.54) is 0 Å². The fraction of sp³-hybridized carbons (Fsp3) is 0.238. The smallest absolute Gasteiger partial charge is 0.237 e. The van der Waals surface area contributed by atoms with Crippen LogP contribution in [0.4, 0.5) is 11.6 Å². The van der Waals surface area contributed by atoms with E-state index in [1.807, 2.05) is 22.8 Å². The lowest BCUT2D eigenvalue weighted by Gasteiger charge is -2.25. The molecule has 32 heavy (non-hydrogen) atoms. The molecule has 0 unspecified atom stereocenters. The Labute approximate surface area is 182 Å². The molecule has 1 aliphatic rings. The SMILES string of the molecule is Nc1ccc2ncn(-c3ncc4nc(-c5cnc(N)nc5)n(C5CCOCC5)c4n3)c2c1. The van der Waals surface area contributed by atoms with E-state index < -0.39 is 0 Å². The van der Waals surface area contributed by atoms with Gasteiger partial charge in [0.1, 0.15) is 17.7 Å². The predicted molar refractivity (Wildman–Crippen MR) is 119 cm³/mol. The second-order valence-corrected chi connectivity index (χ2v) is 7.72. The first kappa shape index (κ1) is 18.6. The fourth-order valence-corrected chi connectivity index (χ4v) is 4.13. The molecule has 5 heterocycles. The van der Waals surface area contributed by atoms with Gasteiger partial charge in [0.2, 0.25) is 11.9 Å². The van der Waals surface area contributed by atoms with Crippen LogP contribution in [0.2, 0.25) is 0 Å². The fourth-order valence-electron chi connectivity index (χ4n) is 4.13. The van der Waals surface area contributed by atoms with Gasteiger partial charge in [0.15, 0.2) is 5.65 Å². The molecular formula is C21H20N10O. The molecule has 11 heteroatoms. The molecule has 11 nitrogen and oxygen atoms in total. The third-order valence-corrected chi connectivity index (χ3v) is 5.69. The van der Waals surface area contributed by atoms with Crippen LogP contribution < -0.4 is 11.5 Å². The van der Waals surface area contributed by atoms with Crippen molar-refractivity contribution in [3.05, 3.63) is 43.1 Å². The summed E-state index contributed by atoms with van der Waals surface area (Å²) in [6.45, 7) is 1.37. The summed E-state index contributed by atoms with van der Waals surface area (Å²) in [5, 5.41) is 0. The summed E-state index contributed by atoms with van der Waals surface area (Å²) in [6, 6.07) is 5.75. The molecule has 6 rings (SSSR count). The first-order chi connectivity index (χ1) is 15.7. The molecule has 0 atom stereocenters. The highest BCUT2D eigenvalue weighted by molar-refractivity contribution is 5.81. The Morgan fingerprint density at radius 1 is 0.906 bits per heavy atom. The topological polar surface area (TPSA) is 148 Å². The van der Waals surface area contributed by atoms with Crippen molar-refractivity contribution in [2.24, 2.45) is 0 Å². The summed E-state index contributed by atoms with van der Waals surface area (Å²) < 4.78 is 9.56. The van der Waals surface area contributed by atoms with Crippen molar-refractivity contribution in [2.45, 2.75) is 18.9 Å². The summed E-state index contributed by atoms with van der Waals surface area (Å²) in [7, 11) is 0. The lowest BCUT2D eigenvalue weighted by Crippen LogP contribution is -2.21. The predicted octanol–water partition coefficient (Wildman–Crippen LogP) is 2.14. The van der Waals surface area contributed by atoms with Crippen LogP contribution in [0.3, 0.4) is 0 Å². The van der Waals surface area contributed by atoms with Crippen molar-refractivity contribution >= 4 is 33.8 Å². The van der Waals surface area contributed by atoms with Gasteiger partial charge >= 0.3 is 0 Å². The number of nitrogen functional groups attached to an aromatic ring is 2. The Balaban J connectivity index is 1.56. The number of nitrogens with two attached hydrogens (primary N) is 2. The maximum absolute atomic E-state index is 5.99. The monoisotopic (exact) mass is 428 g/mol. The van der Waals surface area contributed by atoms with E-state index in [0.29, 0.717) is 30.4 Å². The zero-order valence-electron chi connectivity index (χ0n) is 17.1. The number of aromatic nitrogens is 8. The van der Waals surface area contributed by atoms with Crippen LogP contribution in [-0.4, -0.2) is 52.3 Å². The van der Waals surface area contributed by atoms with Crippen LogP contribution in [0, 0.1) is 0 Å². The average Bonchev–Trinajstić information content (AvgIpc) is 3.41. The number of fused-ring (bicyclic) bond motifs is 2. The molecule has 1 aromatic carbocycles. The molecule has 4 N–H and O–H groups in total. The lowest BCUT2D eigenvalue weighted by atomic mass is 10.1. The number of ether oxygens (including phenoxy) is 1. The molecule has 160 valence electrons. The Morgan fingerprint density at radius 2 is 1.72 bits per heavy atom. The van der Waals surface area contributed by atoms with Crippen LogP contribution in [0.25, 0.3) is 39.5 Å². The van der Waals surface area contributed by atoms with Crippen molar-refractivity contribution in [1.82, 2.24) is 39.0 Å². The van der Waals surface area contributed by atoms with E-state index in [-0.39, 0.29) is 12.0 Å². The highest BCUT2D eigenvalue weighted by atomic mass is 16.5. The minimum atomic E-state index is 0.180. The minimum Gasteiger partial charge on any atom is -0.399 e. The Morgan fingerprint density at radius 3 is 2.53 bits per heavy atom. The first-order valence-corrected chi connectivity index (χ1v) is 10.3. The Bertz CT molecular complexity index is 1430. The van der Waals surface area contributed by atoms with E-state index >= 15 is 0 Å². The molecule has 1 saturated heterocycles. The Kier molecular flexibility index (Phi) is 4.21. The van der Waals surface area contributed by atoms with Gasteiger partial charge in [0, 0.05) is 37.3 Å². The number of imidazole rings is 2. The van der Waals surface area contributed by atoms with E-state index in [4.69, 9.17) is 26.2 Å². The average molecular weight is 428 g/mol. The quantitative estimate of drug-likeness (QED) is 0.412. The maximum atomic E-state index is 5.99. The number of anilines is 2. The van der Waals surface area contributed by atoms with Gasteiger partial charge in [-0.15, -0.1) is 0 Å². The van der Waals surface area contributed by atoms with Crippen LogP contribution in [0.1, 0.15) is 18.9 Å². The number of benzene rings is 1. The van der Waals surface area contributed by atoms with E-state index in [2.05, 4.69) is 24.5 Å². The van der Waals surface area contributed by atoms with Crippen LogP contribution in [0.5, 0.6) is 0 Å². The lowest BCUT2D eigenvalue weighted by molar-refractivity contribution is 0.0708. The molecule has 0 radical (unpaired) electrons. The zero-order valence-corrected chi connectivity index (χ0v) is 17.1. The third-order valence-electron chi connectivity index (χ3n) is 5.69. The van der Waals surface area contributed by atoms with Gasteiger partial charge in [0.25, 0.3) is 0 Å². The minimum absolute atomic E-state index is 0.180. The van der Waals surface area contributed by atoms with Gasteiger partial charge in [-0.3, -0.25) is 4.57 Å². The summed E-state index contributed by atoms with van der Waals surface area (Å²) in [5.74, 6) is 1.45. The molecule has 1 aliphatic heterocycles. The second kappa shape index (κ2) is 7.24. The largest absolute Gasteiger partial charge is 0.399 e. The molecule has 1 fully saturated rings. The maximum Gasteiger partial charge on any atom is 0.237 e. The highest BCUT2D eigenvalue weighted by Gasteiger charge is 2.24. The van der Waals surface area contributed by atoms with E-state index in [1.54, 1.807) is 24.9 Å². The van der Waals surface area contributed by atoms with Crippen molar-refractivity contribution in [3.8, 4) is 17.3 Å². The molecule has 0 saturated carbocycles. The number of rotatable bonds is 3. The number of nitrogens with zero attached hydrogens (tertiary/aromatic N) is 8. The van der Waals surface area contributed by atoms with E-state index in [9.17, 15) is 0 Å². The van der Waals surface area contributed by atoms with Crippen LogP contribution in [0.15, 0.2) is 43.1 Å². The van der Waals surface area contributed by atoms with Crippen molar-refractivity contribution in [1.29, 1.82) is 0 Å². The molecule has 0 amide bonds. The second-order valence-electron chi connectivity index (χ2n) is 7.72. The van der Waals surface area contributed by atoms with Crippen LogP contribution >= 0.6 is 0 Å². The van der Waals surface area contributed by atoms with Crippen molar-refractivity contribution < 1.29 is 4.74 Å². The molecule has 0 spiro atoms. The summed E-state index contributed by atoms with van der Waals surface area (Å²) in [6.07, 6.45) is 8.51. The van der Waals surface area contributed by atoms with Crippen molar-refractivity contribution in [3.63, 3.8) is 0 Å². The molecular weight excluding hydrogens is 408 g/mol. The van der Waals surface area contributed by atoms with Gasteiger partial charge in [0.05, 0.1) is 22.8 Å². The van der Waals surface area contributed by atoms with Gasteiger partial charge in [-0.25, -0.2) is 24.9 Å². The number of hydrogen-bond acceptors (Lipinski definition) is 9. The highest BCUT2D eigenvalue weighted by Crippen LogP contribution is 2.32. The molecule has 4 aromatic heterocycles. The van der Waals surface area contributed by atoms with E-state index in [0.717, 1.165) is 40.9 Å². The van der Waals surface area contributed by atoms with Gasteiger partial charge in [-0.05, 0) is 31.0 Å². The molecule has 0 aliphatic carbocycles. The van der Waals surface area contributed by atoms with Crippen molar-refractivity contribution in [2.75, 3.05) is 24.7 Å². The van der Waals surface area contributed by atoms with Gasteiger partial charge in [-0.1, -0.05) is 0 Å². The standard InChI is InChI=1S/C21H20N10O/c22-13-1-2-15-17(7-13)30(11-27-15)21-26-10-16-19(29-21)31(14-3-5-32-6-4-14)18(28-16)12-8-24-20(23)25-9-12/h1-2,7-11,14H,3-6,22H2,(H2,23,24,25). The zero-order chi connectivity index (χ0) is 21.7. The third kappa shape index (κ3) is 3.02. The van der Waals surface area contributed by atoms with Gasteiger partial charge in [-0.2, -0.15) is 4.98 Å². The molecule has 5 aromatic rings. The van der Waals surface area contributed by atoms with Gasteiger partial charge < -0.3 is 20.8 Å². The van der Waals surface area contributed by atoms with Crippen LogP contribution in [-0.2, 0) is 4.74 Å². The number of hydrogen-bond donors (Lipinski definition) is 2. The summed E-state index contributed by atoms with van der Waals surface area (Å²) in [4.78, 5) is 27.0. The normalized spacial score (nSPS) is 15.0. The Hall–Kier alpha value is -4.12. The summed E-state index contributed by atoms with van der Waals surface area (Å²) in [5.41, 5.74) is 16.2. The summed E-state index contributed by atoms with van der Waals surface area (Å²) >= 11 is 0.